The van der Waals surface area contributed by atoms with Gasteiger partial charge in [-0.25, -0.2) is 0 Å². The van der Waals surface area contributed by atoms with Gasteiger partial charge < -0.3 is 10.2 Å². The largest absolute Gasteiger partial charge is 0.436 e. The second-order valence-electron chi connectivity index (χ2n) is 6.28. The molecule has 0 fully saturated rings. The lowest BCUT2D eigenvalue weighted by molar-refractivity contribution is 0.0961. The van der Waals surface area contributed by atoms with Gasteiger partial charge in [0.25, 0.3) is 0 Å². The summed E-state index contributed by atoms with van der Waals surface area (Å²) in [6, 6.07) is 20.4. The van der Waals surface area contributed by atoms with Crippen LogP contribution in [0.1, 0.15) is 32.0 Å². The molecule has 0 spiro atoms. The SMILES string of the molecule is Nc1oc2c(c1-c1cccc3ccccc13)C(=O)c1ccccc1C2=O. The lowest BCUT2D eigenvalue weighted by atomic mass is 9.84. The Morgan fingerprint density at radius 2 is 1.27 bits per heavy atom. The van der Waals surface area contributed by atoms with Gasteiger partial charge in [-0.2, -0.15) is 0 Å². The predicted octanol–water partition coefficient (Wildman–Crippen LogP) is 4.46. The molecule has 0 radical (unpaired) electrons. The van der Waals surface area contributed by atoms with E-state index >= 15 is 0 Å². The van der Waals surface area contributed by atoms with Crippen LogP contribution in [0.5, 0.6) is 0 Å². The first-order valence-corrected chi connectivity index (χ1v) is 8.25. The molecule has 0 bridgehead atoms. The minimum atomic E-state index is -0.312. The Hall–Kier alpha value is -3.66. The van der Waals surface area contributed by atoms with Crippen molar-refractivity contribution < 1.29 is 14.0 Å². The molecule has 0 amide bonds. The van der Waals surface area contributed by atoms with Crippen molar-refractivity contribution in [3.8, 4) is 11.1 Å². The van der Waals surface area contributed by atoms with Crippen LogP contribution in [0.15, 0.2) is 71.1 Å². The molecule has 4 heteroatoms. The summed E-state index contributed by atoms with van der Waals surface area (Å²) in [7, 11) is 0. The van der Waals surface area contributed by atoms with E-state index in [9.17, 15) is 9.59 Å². The molecule has 1 aliphatic rings. The number of nitrogen functional groups attached to an aromatic ring is 1. The van der Waals surface area contributed by atoms with Crippen LogP contribution in [-0.4, -0.2) is 11.6 Å². The number of ketones is 2. The van der Waals surface area contributed by atoms with Gasteiger partial charge in [-0.15, -0.1) is 0 Å². The molecule has 26 heavy (non-hydrogen) atoms. The lowest BCUT2D eigenvalue weighted by Gasteiger charge is -2.14. The standard InChI is InChI=1S/C22H13NO3/c23-22-17(14-11-5-7-12-6-1-2-8-13(12)14)18-19(24)15-9-3-4-10-16(15)20(25)21(18)26-22/h1-11H,23H2. The second kappa shape index (κ2) is 5.17. The second-order valence-corrected chi connectivity index (χ2v) is 6.28. The minimum Gasteiger partial charge on any atom is -0.436 e. The third-order valence-electron chi connectivity index (χ3n) is 4.84. The molecule has 4 aromatic rings. The monoisotopic (exact) mass is 339 g/mol. The van der Waals surface area contributed by atoms with Gasteiger partial charge in [-0.1, -0.05) is 66.7 Å². The fourth-order valence-electron chi connectivity index (χ4n) is 3.67. The smallest absolute Gasteiger partial charge is 0.229 e. The average Bonchev–Trinajstić information content (AvgIpc) is 3.03. The summed E-state index contributed by atoms with van der Waals surface area (Å²) in [6.45, 7) is 0. The van der Waals surface area contributed by atoms with Gasteiger partial charge in [0.2, 0.25) is 5.78 Å². The predicted molar refractivity (Wildman–Crippen MR) is 99.4 cm³/mol. The van der Waals surface area contributed by atoms with Gasteiger partial charge in [-0.3, -0.25) is 9.59 Å². The van der Waals surface area contributed by atoms with Crippen LogP contribution in [0.3, 0.4) is 0 Å². The average molecular weight is 339 g/mol. The molecule has 0 saturated heterocycles. The van der Waals surface area contributed by atoms with Crippen molar-refractivity contribution in [2.75, 3.05) is 5.73 Å². The van der Waals surface area contributed by atoms with Crippen molar-refractivity contribution >= 4 is 28.2 Å². The molecule has 0 atom stereocenters. The normalized spacial score (nSPS) is 12.9. The van der Waals surface area contributed by atoms with Gasteiger partial charge in [0.05, 0.1) is 11.1 Å². The Morgan fingerprint density at radius 3 is 2.08 bits per heavy atom. The molecule has 124 valence electrons. The number of carbonyl (C=O) groups is 2. The number of hydrogen-bond acceptors (Lipinski definition) is 4. The number of rotatable bonds is 1. The molecule has 1 aliphatic carbocycles. The number of benzene rings is 3. The first-order valence-electron chi connectivity index (χ1n) is 8.25. The van der Waals surface area contributed by atoms with Gasteiger partial charge in [-0.05, 0) is 16.3 Å². The van der Waals surface area contributed by atoms with Crippen LogP contribution in [0.4, 0.5) is 5.88 Å². The molecule has 1 aromatic heterocycles. The van der Waals surface area contributed by atoms with E-state index in [1.54, 1.807) is 24.3 Å². The van der Waals surface area contributed by atoms with Crippen LogP contribution in [-0.2, 0) is 0 Å². The van der Waals surface area contributed by atoms with Crippen LogP contribution < -0.4 is 5.73 Å². The molecular weight excluding hydrogens is 326 g/mol. The van der Waals surface area contributed by atoms with E-state index < -0.39 is 0 Å². The Balaban J connectivity index is 1.85. The zero-order valence-electron chi connectivity index (χ0n) is 13.7. The molecular formula is C22H13NO3. The Morgan fingerprint density at radius 1 is 0.654 bits per heavy atom. The molecule has 5 rings (SSSR count). The van der Waals surface area contributed by atoms with Crippen molar-refractivity contribution in [2.24, 2.45) is 0 Å². The van der Waals surface area contributed by atoms with Crippen LogP contribution >= 0.6 is 0 Å². The van der Waals surface area contributed by atoms with E-state index in [0.717, 1.165) is 16.3 Å². The van der Waals surface area contributed by atoms with E-state index in [4.69, 9.17) is 10.2 Å². The summed E-state index contributed by atoms with van der Waals surface area (Å²) >= 11 is 0. The number of fused-ring (bicyclic) bond motifs is 3. The van der Waals surface area contributed by atoms with Gasteiger partial charge in [0.1, 0.15) is 0 Å². The number of furan rings is 1. The quantitative estimate of drug-likeness (QED) is 0.489. The summed E-state index contributed by atoms with van der Waals surface area (Å²) in [5.41, 5.74) is 8.39. The van der Waals surface area contributed by atoms with E-state index in [1.165, 1.54) is 0 Å². The summed E-state index contributed by atoms with van der Waals surface area (Å²) in [5, 5.41) is 1.97. The molecule has 2 N–H and O–H groups in total. The maximum Gasteiger partial charge on any atom is 0.229 e. The molecule has 1 heterocycles. The van der Waals surface area contributed by atoms with Crippen molar-refractivity contribution in [2.45, 2.75) is 0 Å². The summed E-state index contributed by atoms with van der Waals surface area (Å²) in [4.78, 5) is 25.9. The molecule has 0 unspecified atom stereocenters. The fraction of sp³-hybridized carbons (Fsp3) is 0. The lowest BCUT2D eigenvalue weighted by Crippen LogP contribution is -2.19. The highest BCUT2D eigenvalue weighted by Gasteiger charge is 2.37. The number of carbonyl (C=O) groups excluding carboxylic acids is 2. The Labute approximate surface area is 148 Å². The third-order valence-corrected chi connectivity index (χ3v) is 4.84. The summed E-state index contributed by atoms with van der Waals surface area (Å²) < 4.78 is 5.59. The van der Waals surface area contributed by atoms with E-state index in [-0.39, 0.29) is 28.8 Å². The maximum atomic E-state index is 13.1. The number of nitrogens with two attached hydrogens (primary N) is 1. The Bertz CT molecular complexity index is 1230. The van der Waals surface area contributed by atoms with E-state index in [1.807, 2.05) is 42.5 Å². The highest BCUT2D eigenvalue weighted by atomic mass is 16.4. The zero-order chi connectivity index (χ0) is 17.8. The maximum absolute atomic E-state index is 13.1. The van der Waals surface area contributed by atoms with Crippen molar-refractivity contribution in [3.05, 3.63) is 89.2 Å². The van der Waals surface area contributed by atoms with Gasteiger partial charge in [0.15, 0.2) is 17.4 Å². The summed E-state index contributed by atoms with van der Waals surface area (Å²) in [5.74, 6) is -0.443. The van der Waals surface area contributed by atoms with Crippen molar-refractivity contribution in [1.29, 1.82) is 0 Å². The molecule has 0 aliphatic heterocycles. The first kappa shape index (κ1) is 14.7. The zero-order valence-corrected chi connectivity index (χ0v) is 13.7. The summed E-state index contributed by atoms with van der Waals surface area (Å²) in [6.07, 6.45) is 0. The highest BCUT2D eigenvalue weighted by Crippen LogP contribution is 2.42. The van der Waals surface area contributed by atoms with Crippen LogP contribution in [0, 0.1) is 0 Å². The van der Waals surface area contributed by atoms with Gasteiger partial charge >= 0.3 is 0 Å². The molecule has 4 nitrogen and oxygen atoms in total. The molecule has 3 aromatic carbocycles. The molecule has 0 saturated carbocycles. The minimum absolute atomic E-state index is 0.0223. The van der Waals surface area contributed by atoms with Crippen molar-refractivity contribution in [1.82, 2.24) is 0 Å². The topological polar surface area (TPSA) is 73.3 Å². The first-order chi connectivity index (χ1) is 12.7. The van der Waals surface area contributed by atoms with Gasteiger partial charge in [0, 0.05) is 11.1 Å². The van der Waals surface area contributed by atoms with E-state index in [0.29, 0.717) is 16.7 Å². The Kier molecular flexibility index (Phi) is 2.91. The van der Waals surface area contributed by atoms with Crippen LogP contribution in [0.25, 0.3) is 21.9 Å². The van der Waals surface area contributed by atoms with Crippen molar-refractivity contribution in [3.63, 3.8) is 0 Å². The fourth-order valence-corrected chi connectivity index (χ4v) is 3.67. The van der Waals surface area contributed by atoms with Crippen LogP contribution in [0.2, 0.25) is 0 Å². The van der Waals surface area contributed by atoms with E-state index in [2.05, 4.69) is 0 Å². The highest BCUT2D eigenvalue weighted by molar-refractivity contribution is 6.30. The number of anilines is 1. The third kappa shape index (κ3) is 1.84. The number of hydrogen-bond donors (Lipinski definition) is 1.